The predicted molar refractivity (Wildman–Crippen MR) is 115 cm³/mol. The van der Waals surface area contributed by atoms with Gasteiger partial charge in [-0.05, 0) is 54.1 Å². The third-order valence-electron chi connectivity index (χ3n) is 4.45. The number of carbonyl (C=O) groups is 1. The number of carbonyl (C=O) groups excluding carboxylic acids is 1. The van der Waals surface area contributed by atoms with E-state index >= 15 is 0 Å². The Bertz CT molecular complexity index is 1110. The summed E-state index contributed by atoms with van der Waals surface area (Å²) < 4.78 is 11.2. The summed E-state index contributed by atoms with van der Waals surface area (Å²) >= 11 is 1.28. The molecular weight excluding hydrogens is 384 g/mol. The Balaban J connectivity index is 1.65. The van der Waals surface area contributed by atoms with Crippen molar-refractivity contribution in [1.29, 1.82) is 0 Å². The highest BCUT2D eigenvalue weighted by molar-refractivity contribution is 8.00. The Labute approximate surface area is 173 Å². The highest BCUT2D eigenvalue weighted by Gasteiger charge is 2.25. The minimum Gasteiger partial charge on any atom is -0.495 e. The zero-order chi connectivity index (χ0) is 20.2. The topological polar surface area (TPSA) is 64.4 Å². The van der Waals surface area contributed by atoms with E-state index in [1.807, 2.05) is 79.7 Å². The molecule has 4 aromatic rings. The Kier molecular flexibility index (Phi) is 5.53. The van der Waals surface area contributed by atoms with E-state index in [0.717, 1.165) is 16.6 Å². The van der Waals surface area contributed by atoms with E-state index in [1.165, 1.54) is 11.8 Å². The molecule has 0 fully saturated rings. The first kappa shape index (κ1) is 19.1. The molecule has 29 heavy (non-hydrogen) atoms. The smallest absolute Gasteiger partial charge is 0.257 e. The summed E-state index contributed by atoms with van der Waals surface area (Å²) in [4.78, 5) is 17.8. The highest BCUT2D eigenvalue weighted by Crippen LogP contribution is 2.38. The van der Waals surface area contributed by atoms with Crippen LogP contribution in [0.25, 0.3) is 11.1 Å². The summed E-state index contributed by atoms with van der Waals surface area (Å²) in [5.41, 5.74) is 3.99. The fraction of sp³-hybridized carbons (Fsp3) is 0.130. The molecule has 0 radical (unpaired) electrons. The van der Waals surface area contributed by atoms with Gasteiger partial charge in [0.2, 0.25) is 5.91 Å². The van der Waals surface area contributed by atoms with E-state index < -0.39 is 5.25 Å². The molecule has 4 rings (SSSR count). The van der Waals surface area contributed by atoms with Gasteiger partial charge in [-0.25, -0.2) is 4.98 Å². The monoisotopic (exact) mass is 404 g/mol. The van der Waals surface area contributed by atoms with Gasteiger partial charge in [-0.15, -0.1) is 0 Å². The normalized spacial score (nSPS) is 11.9. The number of aryl methyl sites for hydroxylation is 1. The van der Waals surface area contributed by atoms with Crippen LogP contribution >= 0.6 is 11.8 Å². The number of nitrogens with one attached hydrogen (secondary N) is 1. The standard InChI is InChI=1S/C23H20N2O3S/c1-15-12-13-19(27-2)18(14-15)24-22(26)21(16-8-4-3-5-9-16)29-23-25-17-10-6-7-11-20(17)28-23/h3-14,21H,1-2H3,(H,24,26). The van der Waals surface area contributed by atoms with E-state index in [1.54, 1.807) is 7.11 Å². The van der Waals surface area contributed by atoms with Crippen LogP contribution in [0.1, 0.15) is 16.4 Å². The number of nitrogens with zero attached hydrogens (tertiary/aromatic N) is 1. The third-order valence-corrected chi connectivity index (χ3v) is 5.54. The lowest BCUT2D eigenvalue weighted by Gasteiger charge is -2.17. The van der Waals surface area contributed by atoms with Gasteiger partial charge >= 0.3 is 0 Å². The van der Waals surface area contributed by atoms with Gasteiger partial charge in [0, 0.05) is 0 Å². The zero-order valence-corrected chi connectivity index (χ0v) is 16.9. The summed E-state index contributed by atoms with van der Waals surface area (Å²) in [5.74, 6) is 0.440. The average molecular weight is 404 g/mol. The number of aromatic nitrogens is 1. The van der Waals surface area contributed by atoms with Gasteiger partial charge in [0.05, 0.1) is 12.8 Å². The van der Waals surface area contributed by atoms with E-state index in [9.17, 15) is 4.79 Å². The summed E-state index contributed by atoms with van der Waals surface area (Å²) in [5, 5.41) is 2.92. The van der Waals surface area contributed by atoms with Crippen LogP contribution in [-0.2, 0) is 4.79 Å². The molecule has 0 bridgehead atoms. The number of thioether (sulfide) groups is 1. The number of methoxy groups -OCH3 is 1. The highest BCUT2D eigenvalue weighted by atomic mass is 32.2. The maximum absolute atomic E-state index is 13.3. The first-order valence-electron chi connectivity index (χ1n) is 9.17. The number of amides is 1. The van der Waals surface area contributed by atoms with Crippen molar-refractivity contribution in [3.05, 3.63) is 83.9 Å². The maximum Gasteiger partial charge on any atom is 0.257 e. The lowest BCUT2D eigenvalue weighted by molar-refractivity contribution is -0.115. The summed E-state index contributed by atoms with van der Waals surface area (Å²) in [6.07, 6.45) is 0. The molecule has 1 aromatic heterocycles. The fourth-order valence-electron chi connectivity index (χ4n) is 3.02. The quantitative estimate of drug-likeness (QED) is 0.423. The molecule has 3 aromatic carbocycles. The Morgan fingerprint density at radius 2 is 1.83 bits per heavy atom. The van der Waals surface area contributed by atoms with Gasteiger partial charge in [-0.2, -0.15) is 0 Å². The van der Waals surface area contributed by atoms with Crippen molar-refractivity contribution < 1.29 is 13.9 Å². The van der Waals surface area contributed by atoms with Gasteiger partial charge < -0.3 is 14.5 Å². The zero-order valence-electron chi connectivity index (χ0n) is 16.1. The Hall–Kier alpha value is -3.25. The Morgan fingerprint density at radius 3 is 2.59 bits per heavy atom. The predicted octanol–water partition coefficient (Wildman–Crippen LogP) is 5.62. The second kappa shape index (κ2) is 8.41. The van der Waals surface area contributed by atoms with Gasteiger partial charge in [0.25, 0.3) is 5.22 Å². The number of hydrogen-bond donors (Lipinski definition) is 1. The lowest BCUT2D eigenvalue weighted by atomic mass is 10.1. The molecule has 1 amide bonds. The van der Waals surface area contributed by atoms with E-state index in [2.05, 4.69) is 10.3 Å². The molecule has 1 atom stereocenters. The summed E-state index contributed by atoms with van der Waals surface area (Å²) in [6.45, 7) is 1.97. The van der Waals surface area contributed by atoms with Crippen molar-refractivity contribution in [2.75, 3.05) is 12.4 Å². The molecule has 1 N–H and O–H groups in total. The maximum atomic E-state index is 13.3. The molecule has 0 aliphatic carbocycles. The largest absolute Gasteiger partial charge is 0.495 e. The first-order chi connectivity index (χ1) is 14.1. The molecule has 146 valence electrons. The minimum atomic E-state index is -0.533. The molecule has 0 aliphatic heterocycles. The molecule has 0 saturated heterocycles. The van der Waals surface area contributed by atoms with E-state index in [0.29, 0.717) is 22.2 Å². The van der Waals surface area contributed by atoms with Gasteiger partial charge in [-0.1, -0.05) is 48.5 Å². The number of hydrogen-bond acceptors (Lipinski definition) is 5. The van der Waals surface area contributed by atoms with Crippen LogP contribution < -0.4 is 10.1 Å². The molecule has 1 unspecified atom stereocenters. The summed E-state index contributed by atoms with van der Waals surface area (Å²) in [6, 6.07) is 22.8. The van der Waals surface area contributed by atoms with Crippen molar-refractivity contribution in [3.63, 3.8) is 0 Å². The number of para-hydroxylation sites is 2. The second-order valence-corrected chi connectivity index (χ2v) is 7.61. The molecule has 0 saturated carbocycles. The van der Waals surface area contributed by atoms with Gasteiger partial charge in [0.15, 0.2) is 5.58 Å². The number of benzene rings is 3. The molecule has 0 aliphatic rings. The SMILES string of the molecule is COc1ccc(C)cc1NC(=O)C(Sc1nc2ccccc2o1)c1ccccc1. The molecule has 6 heteroatoms. The number of fused-ring (bicyclic) bond motifs is 1. The third kappa shape index (κ3) is 4.27. The van der Waals surface area contributed by atoms with Crippen LogP contribution in [0.15, 0.2) is 82.4 Å². The molecule has 5 nitrogen and oxygen atoms in total. The van der Waals surface area contributed by atoms with Crippen LogP contribution in [0.3, 0.4) is 0 Å². The number of rotatable bonds is 6. The van der Waals surface area contributed by atoms with Gasteiger partial charge in [-0.3, -0.25) is 4.79 Å². The van der Waals surface area contributed by atoms with E-state index in [4.69, 9.17) is 9.15 Å². The number of oxazole rings is 1. The average Bonchev–Trinajstić information content (AvgIpc) is 3.15. The van der Waals surface area contributed by atoms with Gasteiger partial charge in [0.1, 0.15) is 16.5 Å². The van der Waals surface area contributed by atoms with Crippen molar-refractivity contribution in [2.24, 2.45) is 0 Å². The van der Waals surface area contributed by atoms with Crippen molar-refractivity contribution in [1.82, 2.24) is 4.98 Å². The van der Waals surface area contributed by atoms with Crippen molar-refractivity contribution in [3.8, 4) is 5.75 Å². The molecule has 1 heterocycles. The van der Waals surface area contributed by atoms with Crippen LogP contribution in [-0.4, -0.2) is 18.0 Å². The lowest BCUT2D eigenvalue weighted by Crippen LogP contribution is -2.19. The van der Waals surface area contributed by atoms with Crippen LogP contribution in [0, 0.1) is 6.92 Å². The Morgan fingerprint density at radius 1 is 1.07 bits per heavy atom. The van der Waals surface area contributed by atoms with E-state index in [-0.39, 0.29) is 5.91 Å². The van der Waals surface area contributed by atoms with Crippen LogP contribution in [0.5, 0.6) is 5.75 Å². The first-order valence-corrected chi connectivity index (χ1v) is 10.0. The number of anilines is 1. The van der Waals surface area contributed by atoms with Crippen molar-refractivity contribution in [2.45, 2.75) is 17.4 Å². The molecule has 0 spiro atoms. The van der Waals surface area contributed by atoms with Crippen molar-refractivity contribution >= 4 is 34.5 Å². The molecular formula is C23H20N2O3S. The fourth-order valence-corrected chi connectivity index (χ4v) is 3.97. The minimum absolute atomic E-state index is 0.174. The van der Waals surface area contributed by atoms with Crippen LogP contribution in [0.4, 0.5) is 5.69 Å². The number of ether oxygens (including phenoxy) is 1. The summed E-state index contributed by atoms with van der Waals surface area (Å²) in [7, 11) is 1.59. The van der Waals surface area contributed by atoms with Crippen LogP contribution in [0.2, 0.25) is 0 Å². The second-order valence-electron chi connectivity index (χ2n) is 6.55.